The molecule has 0 aromatic heterocycles. The van der Waals surface area contributed by atoms with Crippen LogP contribution in [0.4, 0.5) is 0 Å². The van der Waals surface area contributed by atoms with Crippen LogP contribution in [-0.4, -0.2) is 36.7 Å². The molecule has 2 heteroatoms. The Morgan fingerprint density at radius 2 is 1.82 bits per heavy atom. The first-order chi connectivity index (χ1) is 8.11. The van der Waals surface area contributed by atoms with Crippen molar-refractivity contribution in [3.8, 4) is 0 Å². The van der Waals surface area contributed by atoms with E-state index in [9.17, 15) is 0 Å². The van der Waals surface area contributed by atoms with E-state index >= 15 is 0 Å². The third kappa shape index (κ3) is 6.42. The van der Waals surface area contributed by atoms with Crippen LogP contribution >= 0.6 is 0 Å². The minimum Gasteiger partial charge on any atom is -0.375 e. The van der Waals surface area contributed by atoms with Gasteiger partial charge < -0.3 is 9.64 Å². The van der Waals surface area contributed by atoms with E-state index in [4.69, 9.17) is 4.74 Å². The Morgan fingerprint density at radius 1 is 1.18 bits per heavy atom. The SMILES string of the molecule is CCCC[C@@H](C)OC1CCN(CC(C)C)CC1. The summed E-state index contributed by atoms with van der Waals surface area (Å²) in [6, 6.07) is 0. The van der Waals surface area contributed by atoms with Crippen LogP contribution in [0.2, 0.25) is 0 Å². The zero-order valence-corrected chi connectivity index (χ0v) is 12.2. The van der Waals surface area contributed by atoms with E-state index in [2.05, 4.69) is 32.6 Å². The fourth-order valence-electron chi connectivity index (χ4n) is 2.63. The molecule has 0 aliphatic carbocycles. The first-order valence-electron chi connectivity index (χ1n) is 7.49. The summed E-state index contributed by atoms with van der Waals surface area (Å²) in [4.78, 5) is 2.58. The smallest absolute Gasteiger partial charge is 0.0603 e. The van der Waals surface area contributed by atoms with Crippen LogP contribution in [-0.2, 0) is 4.74 Å². The van der Waals surface area contributed by atoms with Crippen molar-refractivity contribution < 1.29 is 4.74 Å². The summed E-state index contributed by atoms with van der Waals surface area (Å²) in [6.45, 7) is 12.8. The van der Waals surface area contributed by atoms with Gasteiger partial charge >= 0.3 is 0 Å². The third-order valence-corrected chi connectivity index (χ3v) is 3.55. The first kappa shape index (κ1) is 15.0. The molecule has 1 aliphatic rings. The molecule has 0 N–H and O–H groups in total. The lowest BCUT2D eigenvalue weighted by molar-refractivity contribution is -0.0392. The molecule has 17 heavy (non-hydrogen) atoms. The van der Waals surface area contributed by atoms with Crippen molar-refractivity contribution in [3.63, 3.8) is 0 Å². The summed E-state index contributed by atoms with van der Waals surface area (Å²) in [6.07, 6.45) is 7.23. The van der Waals surface area contributed by atoms with E-state index in [0.29, 0.717) is 12.2 Å². The standard InChI is InChI=1S/C15H31NO/c1-5-6-7-14(4)17-15-8-10-16(11-9-15)12-13(2)3/h13-15H,5-12H2,1-4H3/t14-/m1/s1. The number of likely N-dealkylation sites (tertiary alicyclic amines) is 1. The predicted molar refractivity (Wildman–Crippen MR) is 74.4 cm³/mol. The third-order valence-electron chi connectivity index (χ3n) is 3.55. The van der Waals surface area contributed by atoms with Gasteiger partial charge in [0.05, 0.1) is 12.2 Å². The van der Waals surface area contributed by atoms with Crippen LogP contribution in [0, 0.1) is 5.92 Å². The van der Waals surface area contributed by atoms with Gasteiger partial charge in [-0.3, -0.25) is 0 Å². The van der Waals surface area contributed by atoms with Gasteiger partial charge in [-0.05, 0) is 32.1 Å². The van der Waals surface area contributed by atoms with E-state index in [1.807, 2.05) is 0 Å². The van der Waals surface area contributed by atoms with E-state index in [-0.39, 0.29) is 0 Å². The van der Waals surface area contributed by atoms with Crippen molar-refractivity contribution in [2.24, 2.45) is 5.92 Å². The Labute approximate surface area is 108 Å². The Morgan fingerprint density at radius 3 is 2.35 bits per heavy atom. The van der Waals surface area contributed by atoms with Gasteiger partial charge in [0.1, 0.15) is 0 Å². The van der Waals surface area contributed by atoms with Crippen molar-refractivity contribution in [3.05, 3.63) is 0 Å². The zero-order chi connectivity index (χ0) is 12.7. The van der Waals surface area contributed by atoms with Gasteiger partial charge in [0.15, 0.2) is 0 Å². The molecule has 0 spiro atoms. The van der Waals surface area contributed by atoms with Crippen molar-refractivity contribution in [1.82, 2.24) is 4.90 Å². The van der Waals surface area contributed by atoms with E-state index in [1.54, 1.807) is 0 Å². The molecule has 102 valence electrons. The second-order valence-electron chi connectivity index (χ2n) is 5.98. The largest absolute Gasteiger partial charge is 0.375 e. The number of unbranched alkanes of at least 4 members (excludes halogenated alkanes) is 1. The molecule has 0 aromatic carbocycles. The minimum absolute atomic E-state index is 0.455. The highest BCUT2D eigenvalue weighted by molar-refractivity contribution is 4.74. The van der Waals surface area contributed by atoms with Crippen LogP contribution in [0.25, 0.3) is 0 Å². The lowest BCUT2D eigenvalue weighted by Crippen LogP contribution is -2.39. The molecule has 0 saturated carbocycles. The normalized spacial score (nSPS) is 21.0. The van der Waals surface area contributed by atoms with Crippen LogP contribution in [0.15, 0.2) is 0 Å². The van der Waals surface area contributed by atoms with Gasteiger partial charge in [-0.25, -0.2) is 0 Å². The number of piperidine rings is 1. The van der Waals surface area contributed by atoms with Crippen molar-refractivity contribution in [2.45, 2.75) is 72.0 Å². The molecule has 1 aliphatic heterocycles. The van der Waals surface area contributed by atoms with Crippen molar-refractivity contribution >= 4 is 0 Å². The lowest BCUT2D eigenvalue weighted by atomic mass is 10.1. The summed E-state index contributed by atoms with van der Waals surface area (Å²) >= 11 is 0. The average molecular weight is 241 g/mol. The minimum atomic E-state index is 0.455. The summed E-state index contributed by atoms with van der Waals surface area (Å²) in [5.41, 5.74) is 0. The molecule has 1 heterocycles. The van der Waals surface area contributed by atoms with E-state index < -0.39 is 0 Å². The van der Waals surface area contributed by atoms with Crippen LogP contribution in [0.1, 0.15) is 59.8 Å². The second kappa shape index (κ2) is 8.10. The second-order valence-corrected chi connectivity index (χ2v) is 5.98. The number of nitrogens with zero attached hydrogens (tertiary/aromatic N) is 1. The van der Waals surface area contributed by atoms with E-state index in [1.165, 1.54) is 51.7 Å². The summed E-state index contributed by atoms with van der Waals surface area (Å²) in [7, 11) is 0. The Kier molecular flexibility index (Phi) is 7.14. The molecule has 1 atom stereocenters. The zero-order valence-electron chi connectivity index (χ0n) is 12.2. The highest BCUT2D eigenvalue weighted by atomic mass is 16.5. The highest BCUT2D eigenvalue weighted by Crippen LogP contribution is 2.18. The summed E-state index contributed by atoms with van der Waals surface area (Å²) in [5, 5.41) is 0. The van der Waals surface area contributed by atoms with Gasteiger partial charge in [0.2, 0.25) is 0 Å². The topological polar surface area (TPSA) is 12.5 Å². The van der Waals surface area contributed by atoms with Gasteiger partial charge in [-0.15, -0.1) is 0 Å². The number of hydrogen-bond acceptors (Lipinski definition) is 2. The van der Waals surface area contributed by atoms with Crippen LogP contribution in [0.5, 0.6) is 0 Å². The highest BCUT2D eigenvalue weighted by Gasteiger charge is 2.21. The first-order valence-corrected chi connectivity index (χ1v) is 7.49. The van der Waals surface area contributed by atoms with Gasteiger partial charge in [-0.1, -0.05) is 33.6 Å². The fourth-order valence-corrected chi connectivity index (χ4v) is 2.63. The van der Waals surface area contributed by atoms with Gasteiger partial charge in [-0.2, -0.15) is 0 Å². The van der Waals surface area contributed by atoms with Crippen LogP contribution < -0.4 is 0 Å². The molecule has 2 nitrogen and oxygen atoms in total. The molecule has 0 amide bonds. The Bertz CT molecular complexity index is 185. The maximum atomic E-state index is 6.12. The molecule has 0 radical (unpaired) electrons. The average Bonchev–Trinajstić information content (AvgIpc) is 2.28. The fraction of sp³-hybridized carbons (Fsp3) is 1.00. The molecule has 1 fully saturated rings. The Hall–Kier alpha value is -0.0800. The molecule has 1 saturated heterocycles. The summed E-state index contributed by atoms with van der Waals surface area (Å²) < 4.78 is 6.12. The van der Waals surface area contributed by atoms with Crippen molar-refractivity contribution in [2.75, 3.05) is 19.6 Å². The molecule has 0 aromatic rings. The molecule has 0 unspecified atom stereocenters. The predicted octanol–water partition coefficient (Wildman–Crippen LogP) is 3.70. The van der Waals surface area contributed by atoms with Crippen molar-refractivity contribution in [1.29, 1.82) is 0 Å². The van der Waals surface area contributed by atoms with Crippen LogP contribution in [0.3, 0.4) is 0 Å². The lowest BCUT2D eigenvalue weighted by Gasteiger charge is -2.34. The maximum absolute atomic E-state index is 6.12. The quantitative estimate of drug-likeness (QED) is 0.674. The molecular weight excluding hydrogens is 210 g/mol. The Balaban J connectivity index is 2.14. The van der Waals surface area contributed by atoms with E-state index in [0.717, 1.165) is 5.92 Å². The molecule has 0 bridgehead atoms. The maximum Gasteiger partial charge on any atom is 0.0603 e. The number of ether oxygens (including phenoxy) is 1. The molecular formula is C15H31NO. The van der Waals surface area contributed by atoms with Gasteiger partial charge in [0, 0.05) is 19.6 Å². The van der Waals surface area contributed by atoms with Gasteiger partial charge in [0.25, 0.3) is 0 Å². The number of hydrogen-bond donors (Lipinski definition) is 0. The monoisotopic (exact) mass is 241 g/mol. The number of rotatable bonds is 7. The molecule has 1 rings (SSSR count). The summed E-state index contributed by atoms with van der Waals surface area (Å²) in [5.74, 6) is 0.788.